The number of nitrogens with one attached hydrogen (secondary N) is 1. The summed E-state index contributed by atoms with van der Waals surface area (Å²) in [5.41, 5.74) is 2.32. The summed E-state index contributed by atoms with van der Waals surface area (Å²) in [5, 5.41) is 5.45. The van der Waals surface area contributed by atoms with Crippen LogP contribution in [0.15, 0.2) is 24.3 Å². The van der Waals surface area contributed by atoms with Gasteiger partial charge in [-0.1, -0.05) is 11.6 Å². The molecule has 0 amide bonds. The molecule has 0 atom stereocenters. The maximum absolute atomic E-state index is 6.06. The first kappa shape index (κ1) is 13.3. The molecule has 0 unspecified atom stereocenters. The highest BCUT2D eigenvalue weighted by atomic mass is 35.5. The van der Waals surface area contributed by atoms with Gasteiger partial charge in [0.15, 0.2) is 0 Å². The van der Waals surface area contributed by atoms with E-state index < -0.39 is 0 Å². The second-order valence-corrected chi connectivity index (χ2v) is 6.87. The number of benzene rings is 1. The Kier molecular flexibility index (Phi) is 3.25. The molecule has 21 heavy (non-hydrogen) atoms. The zero-order valence-electron chi connectivity index (χ0n) is 11.0. The van der Waals surface area contributed by atoms with Crippen LogP contribution in [-0.4, -0.2) is 9.97 Å². The van der Waals surface area contributed by atoms with Gasteiger partial charge in [-0.3, -0.25) is 0 Å². The summed E-state index contributed by atoms with van der Waals surface area (Å²) < 4.78 is 0. The van der Waals surface area contributed by atoms with Gasteiger partial charge in [0.05, 0.1) is 5.39 Å². The van der Waals surface area contributed by atoms with Crippen molar-refractivity contribution in [1.82, 2.24) is 9.97 Å². The van der Waals surface area contributed by atoms with Crippen molar-refractivity contribution >= 4 is 56.3 Å². The molecular weight excluding hydrogens is 325 g/mol. The van der Waals surface area contributed by atoms with Gasteiger partial charge < -0.3 is 5.32 Å². The minimum Gasteiger partial charge on any atom is -0.340 e. The van der Waals surface area contributed by atoms with Crippen molar-refractivity contribution < 1.29 is 0 Å². The molecule has 2 heterocycles. The molecule has 1 aromatic carbocycles. The topological polar surface area (TPSA) is 37.8 Å². The fourth-order valence-corrected chi connectivity index (χ4v) is 4.34. The van der Waals surface area contributed by atoms with Crippen molar-refractivity contribution in [2.24, 2.45) is 0 Å². The van der Waals surface area contributed by atoms with Gasteiger partial charge in [-0.05, 0) is 60.7 Å². The Balaban J connectivity index is 1.85. The van der Waals surface area contributed by atoms with Crippen LogP contribution in [-0.2, 0) is 12.8 Å². The average molecular weight is 336 g/mol. The maximum atomic E-state index is 6.06. The van der Waals surface area contributed by atoms with Gasteiger partial charge in [0.1, 0.15) is 10.6 Å². The van der Waals surface area contributed by atoms with Crippen LogP contribution in [0.5, 0.6) is 0 Å². The quantitative estimate of drug-likeness (QED) is 0.651. The lowest BCUT2D eigenvalue weighted by atomic mass is 10.2. The number of aryl methyl sites for hydroxylation is 2. The summed E-state index contributed by atoms with van der Waals surface area (Å²) in [6.07, 6.45) is 3.43. The van der Waals surface area contributed by atoms with Crippen LogP contribution >= 0.6 is 34.5 Å². The smallest absolute Gasteiger partial charge is 0.225 e. The first-order valence-corrected chi connectivity index (χ1v) is 8.28. The van der Waals surface area contributed by atoms with Crippen LogP contribution < -0.4 is 5.32 Å². The highest BCUT2D eigenvalue weighted by Crippen LogP contribution is 2.40. The molecule has 0 bridgehead atoms. The second-order valence-electron chi connectivity index (χ2n) is 5.01. The number of fused-ring (bicyclic) bond motifs is 3. The average Bonchev–Trinajstić information content (AvgIpc) is 3.01. The fourth-order valence-electron chi connectivity index (χ4n) is 2.73. The largest absolute Gasteiger partial charge is 0.340 e. The van der Waals surface area contributed by atoms with E-state index >= 15 is 0 Å². The number of rotatable bonds is 2. The van der Waals surface area contributed by atoms with Crippen molar-refractivity contribution in [2.75, 3.05) is 5.32 Å². The number of hydrogen-bond acceptors (Lipinski definition) is 4. The zero-order chi connectivity index (χ0) is 14.4. The number of aromatic nitrogens is 2. The van der Waals surface area contributed by atoms with Gasteiger partial charge in [0.2, 0.25) is 5.28 Å². The molecule has 3 aromatic rings. The molecule has 4 rings (SSSR count). The zero-order valence-corrected chi connectivity index (χ0v) is 13.3. The lowest BCUT2D eigenvalue weighted by Gasteiger charge is -2.08. The third-order valence-electron chi connectivity index (χ3n) is 3.64. The highest BCUT2D eigenvalue weighted by Gasteiger charge is 2.22. The number of nitrogens with zero attached hydrogens (tertiary/aromatic N) is 2. The Bertz CT molecular complexity index is 827. The lowest BCUT2D eigenvalue weighted by molar-refractivity contribution is 0.917. The first-order valence-electron chi connectivity index (χ1n) is 6.71. The fraction of sp³-hybridized carbons (Fsp3) is 0.200. The SMILES string of the molecule is Clc1ccc(Nc2nc(Cl)nc3sc4c(c23)CCC4)cc1. The van der Waals surface area contributed by atoms with Gasteiger partial charge >= 0.3 is 0 Å². The van der Waals surface area contributed by atoms with E-state index in [1.165, 1.54) is 16.9 Å². The summed E-state index contributed by atoms with van der Waals surface area (Å²) in [5.74, 6) is 0.784. The number of thiophene rings is 1. The van der Waals surface area contributed by atoms with Crippen LogP contribution in [0.4, 0.5) is 11.5 Å². The van der Waals surface area contributed by atoms with Crippen LogP contribution in [0, 0.1) is 0 Å². The molecule has 0 spiro atoms. The first-order chi connectivity index (χ1) is 10.2. The van der Waals surface area contributed by atoms with Crippen molar-refractivity contribution in [1.29, 1.82) is 0 Å². The Morgan fingerprint density at radius 2 is 1.86 bits per heavy atom. The van der Waals surface area contributed by atoms with E-state index in [1.807, 2.05) is 24.3 Å². The van der Waals surface area contributed by atoms with E-state index in [9.17, 15) is 0 Å². The predicted molar refractivity (Wildman–Crippen MR) is 89.2 cm³/mol. The normalized spacial score (nSPS) is 13.6. The van der Waals surface area contributed by atoms with Gasteiger partial charge in [-0.25, -0.2) is 4.98 Å². The summed E-state index contributed by atoms with van der Waals surface area (Å²) in [4.78, 5) is 11.1. The molecule has 0 fully saturated rings. The predicted octanol–water partition coefficient (Wildman–Crippen LogP) is 5.23. The van der Waals surface area contributed by atoms with Crippen LogP contribution in [0.3, 0.4) is 0 Å². The van der Waals surface area contributed by atoms with Gasteiger partial charge in [-0.2, -0.15) is 4.98 Å². The number of anilines is 2. The number of halogens is 2. The standard InChI is InChI=1S/C15H11Cl2N3S/c16-8-4-6-9(7-5-8)18-13-12-10-2-1-3-11(10)21-14(12)20-15(17)19-13/h4-7H,1-3H2,(H,18,19,20). The van der Waals surface area contributed by atoms with Crippen LogP contribution in [0.25, 0.3) is 10.2 Å². The van der Waals surface area contributed by atoms with Crippen LogP contribution in [0.2, 0.25) is 10.3 Å². The molecule has 0 saturated carbocycles. The molecule has 0 aliphatic heterocycles. The molecule has 1 aliphatic rings. The Morgan fingerprint density at radius 1 is 1.05 bits per heavy atom. The summed E-state index contributed by atoms with van der Waals surface area (Å²) in [6.45, 7) is 0. The van der Waals surface area contributed by atoms with Gasteiger partial charge in [0, 0.05) is 15.6 Å². The molecule has 0 radical (unpaired) electrons. The second kappa shape index (κ2) is 5.13. The van der Waals surface area contributed by atoms with Gasteiger partial charge in [0.25, 0.3) is 0 Å². The van der Waals surface area contributed by atoms with Crippen LogP contribution in [0.1, 0.15) is 16.9 Å². The van der Waals surface area contributed by atoms with E-state index in [2.05, 4.69) is 15.3 Å². The lowest BCUT2D eigenvalue weighted by Crippen LogP contribution is -1.97. The van der Waals surface area contributed by atoms with Crippen molar-refractivity contribution in [3.8, 4) is 0 Å². The van der Waals surface area contributed by atoms with E-state index in [0.29, 0.717) is 5.02 Å². The minimum atomic E-state index is 0.277. The molecule has 0 saturated heterocycles. The number of hydrogen-bond donors (Lipinski definition) is 1. The molecule has 2 aromatic heterocycles. The summed E-state index contributed by atoms with van der Waals surface area (Å²) >= 11 is 13.7. The molecule has 1 N–H and O–H groups in total. The molecule has 1 aliphatic carbocycles. The van der Waals surface area contributed by atoms with E-state index in [4.69, 9.17) is 23.2 Å². The Labute approximate surface area is 135 Å². The molecule has 3 nitrogen and oxygen atoms in total. The maximum Gasteiger partial charge on any atom is 0.225 e. The third kappa shape index (κ3) is 2.37. The molecule has 6 heteroatoms. The van der Waals surface area contributed by atoms with E-state index in [1.54, 1.807) is 11.3 Å². The summed E-state index contributed by atoms with van der Waals surface area (Å²) in [6, 6.07) is 7.55. The Morgan fingerprint density at radius 3 is 2.67 bits per heavy atom. The minimum absolute atomic E-state index is 0.277. The third-order valence-corrected chi connectivity index (χ3v) is 5.25. The van der Waals surface area contributed by atoms with E-state index in [-0.39, 0.29) is 5.28 Å². The monoisotopic (exact) mass is 335 g/mol. The van der Waals surface area contributed by atoms with E-state index in [0.717, 1.165) is 34.6 Å². The highest BCUT2D eigenvalue weighted by molar-refractivity contribution is 7.19. The van der Waals surface area contributed by atoms with Crippen molar-refractivity contribution in [3.05, 3.63) is 45.0 Å². The summed E-state index contributed by atoms with van der Waals surface area (Å²) in [7, 11) is 0. The molecular formula is C15H11Cl2N3S. The molecule has 106 valence electrons. The van der Waals surface area contributed by atoms with Gasteiger partial charge in [-0.15, -0.1) is 11.3 Å². The Hall–Kier alpha value is -1.36. The van der Waals surface area contributed by atoms with Crippen molar-refractivity contribution in [2.45, 2.75) is 19.3 Å². The van der Waals surface area contributed by atoms with Crippen molar-refractivity contribution in [3.63, 3.8) is 0 Å².